The van der Waals surface area contributed by atoms with Crippen LogP contribution in [0.3, 0.4) is 0 Å². The van der Waals surface area contributed by atoms with Crippen LogP contribution in [0.15, 0.2) is 30.3 Å². The summed E-state index contributed by atoms with van der Waals surface area (Å²) in [7, 11) is 0. The molecule has 18 heavy (non-hydrogen) atoms. The quantitative estimate of drug-likeness (QED) is 0.771. The van der Waals surface area contributed by atoms with Gasteiger partial charge in [0.2, 0.25) is 0 Å². The van der Waals surface area contributed by atoms with Crippen molar-refractivity contribution >= 4 is 5.97 Å². The first-order valence-corrected chi connectivity index (χ1v) is 5.45. The third-order valence-electron chi connectivity index (χ3n) is 2.47. The molecular weight excluding hydrogens is 247 g/mol. The summed E-state index contributed by atoms with van der Waals surface area (Å²) in [5, 5.41) is 11.0. The third kappa shape index (κ3) is 4.75. The first-order chi connectivity index (χ1) is 8.41. The van der Waals surface area contributed by atoms with Crippen LogP contribution in [0.5, 0.6) is 0 Å². The fourth-order valence-electron chi connectivity index (χ4n) is 1.47. The molecule has 0 spiro atoms. The van der Waals surface area contributed by atoms with E-state index in [1.54, 1.807) is 0 Å². The zero-order valence-electron chi connectivity index (χ0n) is 9.57. The van der Waals surface area contributed by atoms with E-state index in [-0.39, 0.29) is 0 Å². The van der Waals surface area contributed by atoms with Gasteiger partial charge < -0.3 is 10.4 Å². The topological polar surface area (TPSA) is 49.3 Å². The second kappa shape index (κ2) is 6.39. The Hall–Kier alpha value is -1.56. The Balaban J connectivity index is 2.34. The van der Waals surface area contributed by atoms with Gasteiger partial charge in [0.05, 0.1) is 0 Å². The standard InChI is InChI=1S/C12H14F3NO2/c13-12(14,15)10(11(17)18)8-16-7-6-9-4-2-1-3-5-9/h1-5,10,16H,6-8H2,(H,17,18). The highest BCUT2D eigenvalue weighted by atomic mass is 19.4. The predicted molar refractivity (Wildman–Crippen MR) is 60.2 cm³/mol. The molecule has 0 aromatic heterocycles. The van der Waals surface area contributed by atoms with Gasteiger partial charge in [-0.05, 0) is 18.5 Å². The average Bonchev–Trinajstić information content (AvgIpc) is 2.27. The molecule has 100 valence electrons. The normalized spacial score (nSPS) is 13.3. The number of hydrogen-bond acceptors (Lipinski definition) is 2. The molecule has 0 aliphatic heterocycles. The minimum absolute atomic E-state index is 0.309. The Morgan fingerprint density at radius 1 is 1.28 bits per heavy atom. The van der Waals surface area contributed by atoms with Crippen molar-refractivity contribution in [3.8, 4) is 0 Å². The monoisotopic (exact) mass is 261 g/mol. The van der Waals surface area contributed by atoms with E-state index in [4.69, 9.17) is 5.11 Å². The van der Waals surface area contributed by atoms with Gasteiger partial charge in [-0.1, -0.05) is 30.3 Å². The van der Waals surface area contributed by atoms with Gasteiger partial charge in [0.25, 0.3) is 0 Å². The van der Waals surface area contributed by atoms with E-state index in [0.717, 1.165) is 5.56 Å². The Bertz CT molecular complexity index is 379. The van der Waals surface area contributed by atoms with Gasteiger partial charge in [-0.2, -0.15) is 13.2 Å². The number of rotatable bonds is 6. The van der Waals surface area contributed by atoms with Crippen LogP contribution in [0.25, 0.3) is 0 Å². The Morgan fingerprint density at radius 3 is 2.39 bits per heavy atom. The Kier molecular flexibility index (Phi) is 5.15. The molecule has 1 rings (SSSR count). The van der Waals surface area contributed by atoms with Crippen LogP contribution in [0.4, 0.5) is 13.2 Å². The van der Waals surface area contributed by atoms with Crippen LogP contribution in [-0.4, -0.2) is 30.3 Å². The van der Waals surface area contributed by atoms with Crippen LogP contribution in [0.1, 0.15) is 5.56 Å². The van der Waals surface area contributed by atoms with Gasteiger partial charge >= 0.3 is 12.1 Å². The summed E-state index contributed by atoms with van der Waals surface area (Å²) in [6.07, 6.45) is -4.16. The molecule has 1 unspecified atom stereocenters. The lowest BCUT2D eigenvalue weighted by molar-refractivity contribution is -0.192. The van der Waals surface area contributed by atoms with Crippen LogP contribution < -0.4 is 5.32 Å². The van der Waals surface area contributed by atoms with Crippen LogP contribution in [0.2, 0.25) is 0 Å². The molecule has 1 atom stereocenters. The molecule has 0 aliphatic rings. The van der Waals surface area contributed by atoms with Crippen molar-refractivity contribution < 1.29 is 23.1 Å². The minimum atomic E-state index is -4.72. The summed E-state index contributed by atoms with van der Waals surface area (Å²) in [4.78, 5) is 10.5. The molecule has 0 fully saturated rings. The predicted octanol–water partition coefficient (Wildman–Crippen LogP) is 2.08. The summed E-state index contributed by atoms with van der Waals surface area (Å²) in [5.74, 6) is -4.21. The number of carboxylic acids is 1. The van der Waals surface area contributed by atoms with E-state index in [0.29, 0.717) is 13.0 Å². The molecule has 0 saturated heterocycles. The maximum absolute atomic E-state index is 12.3. The van der Waals surface area contributed by atoms with Gasteiger partial charge in [0.15, 0.2) is 5.92 Å². The highest BCUT2D eigenvalue weighted by molar-refractivity contribution is 5.71. The smallest absolute Gasteiger partial charge is 0.403 e. The van der Waals surface area contributed by atoms with Crippen molar-refractivity contribution in [1.82, 2.24) is 5.32 Å². The molecule has 6 heteroatoms. The van der Waals surface area contributed by atoms with Crippen molar-refractivity contribution in [1.29, 1.82) is 0 Å². The van der Waals surface area contributed by atoms with Crippen LogP contribution in [0, 0.1) is 5.92 Å². The molecule has 3 nitrogen and oxygen atoms in total. The fraction of sp³-hybridized carbons (Fsp3) is 0.417. The van der Waals surface area contributed by atoms with Crippen molar-refractivity contribution in [2.75, 3.05) is 13.1 Å². The summed E-state index contributed by atoms with van der Waals surface area (Å²) in [6, 6.07) is 9.25. The SMILES string of the molecule is O=C(O)C(CNCCc1ccccc1)C(F)(F)F. The van der Waals surface area contributed by atoms with Gasteiger partial charge in [0, 0.05) is 6.54 Å². The second-order valence-corrected chi connectivity index (χ2v) is 3.87. The number of aliphatic carboxylic acids is 1. The maximum Gasteiger partial charge on any atom is 0.403 e. The number of nitrogens with one attached hydrogen (secondary N) is 1. The molecule has 0 amide bonds. The van der Waals surface area contributed by atoms with E-state index in [1.165, 1.54) is 0 Å². The zero-order valence-corrected chi connectivity index (χ0v) is 9.57. The molecule has 0 aliphatic carbocycles. The van der Waals surface area contributed by atoms with Crippen molar-refractivity contribution in [3.05, 3.63) is 35.9 Å². The van der Waals surface area contributed by atoms with E-state index >= 15 is 0 Å². The number of carboxylic acid groups (broad SMARTS) is 1. The van der Waals surface area contributed by atoms with E-state index in [2.05, 4.69) is 5.32 Å². The number of hydrogen-bond donors (Lipinski definition) is 2. The first-order valence-electron chi connectivity index (χ1n) is 5.45. The van der Waals surface area contributed by atoms with Gasteiger partial charge in [-0.15, -0.1) is 0 Å². The van der Waals surface area contributed by atoms with E-state index < -0.39 is 24.6 Å². The summed E-state index contributed by atoms with van der Waals surface area (Å²) in [6.45, 7) is -0.296. The lowest BCUT2D eigenvalue weighted by Gasteiger charge is -2.16. The zero-order chi connectivity index (χ0) is 13.6. The van der Waals surface area contributed by atoms with Gasteiger partial charge in [0.1, 0.15) is 0 Å². The van der Waals surface area contributed by atoms with Crippen molar-refractivity contribution in [3.63, 3.8) is 0 Å². The van der Waals surface area contributed by atoms with E-state index in [9.17, 15) is 18.0 Å². The molecule has 0 heterocycles. The van der Waals surface area contributed by atoms with Crippen LogP contribution in [-0.2, 0) is 11.2 Å². The lowest BCUT2D eigenvalue weighted by atomic mass is 10.1. The van der Waals surface area contributed by atoms with E-state index in [1.807, 2.05) is 30.3 Å². The largest absolute Gasteiger partial charge is 0.481 e. The molecular formula is C12H14F3NO2. The summed E-state index contributed by atoms with van der Waals surface area (Å²) >= 11 is 0. The molecule has 1 aromatic rings. The van der Waals surface area contributed by atoms with Gasteiger partial charge in [-0.25, -0.2) is 0 Å². The Morgan fingerprint density at radius 2 is 1.89 bits per heavy atom. The third-order valence-corrected chi connectivity index (χ3v) is 2.47. The highest BCUT2D eigenvalue weighted by Gasteiger charge is 2.44. The molecule has 0 saturated carbocycles. The second-order valence-electron chi connectivity index (χ2n) is 3.87. The summed E-state index contributed by atoms with van der Waals surface area (Å²) < 4.78 is 36.9. The van der Waals surface area contributed by atoms with Crippen molar-refractivity contribution in [2.24, 2.45) is 5.92 Å². The molecule has 1 aromatic carbocycles. The summed E-state index contributed by atoms with van der Waals surface area (Å²) in [5.41, 5.74) is 0.990. The average molecular weight is 261 g/mol. The molecule has 2 N–H and O–H groups in total. The fourth-order valence-corrected chi connectivity index (χ4v) is 1.47. The Labute approximate surface area is 103 Å². The van der Waals surface area contributed by atoms with Crippen molar-refractivity contribution in [2.45, 2.75) is 12.6 Å². The molecule has 0 radical (unpaired) electrons. The maximum atomic E-state index is 12.3. The number of alkyl halides is 3. The number of halogens is 3. The number of benzene rings is 1. The number of carbonyl (C=O) groups is 1. The molecule has 0 bridgehead atoms. The van der Waals surface area contributed by atoms with Crippen LogP contribution >= 0.6 is 0 Å². The first kappa shape index (κ1) is 14.5. The van der Waals surface area contributed by atoms with Gasteiger partial charge in [-0.3, -0.25) is 4.79 Å². The lowest BCUT2D eigenvalue weighted by Crippen LogP contribution is -2.39. The minimum Gasteiger partial charge on any atom is -0.481 e. The highest BCUT2D eigenvalue weighted by Crippen LogP contribution is 2.25.